The molecule has 0 N–H and O–H groups in total. The summed E-state index contributed by atoms with van der Waals surface area (Å²) >= 11 is 2.40. The van der Waals surface area contributed by atoms with Crippen LogP contribution in [0, 0.1) is 3.57 Å². The summed E-state index contributed by atoms with van der Waals surface area (Å²) in [6, 6.07) is 12.8. The minimum Gasteiger partial charge on any atom is -0.0752 e. The fourth-order valence-corrected chi connectivity index (χ4v) is 2.01. The van der Waals surface area contributed by atoms with Crippen LogP contribution in [-0.2, 0) is 0 Å². The molecule has 0 spiro atoms. The molecule has 0 amide bonds. The first kappa shape index (κ1) is 8.11. The smallest absolute Gasteiger partial charge is 0.0752 e. The van der Waals surface area contributed by atoms with E-state index in [9.17, 15) is 0 Å². The Morgan fingerprint density at radius 3 is 2.58 bits per heavy atom. The van der Waals surface area contributed by atoms with Crippen molar-refractivity contribution in [3.63, 3.8) is 0 Å². The molecule has 0 saturated heterocycles. The standard InChI is InChI=1S/C10H8BI/c11-9-6-5-7-3-1-2-4-8(7)10(9)12/h1-6H,11H2. The van der Waals surface area contributed by atoms with Gasteiger partial charge in [0.1, 0.15) is 7.85 Å². The number of fused-ring (bicyclic) bond motifs is 1. The highest BCUT2D eigenvalue weighted by atomic mass is 127. The van der Waals surface area contributed by atoms with Gasteiger partial charge in [-0.25, -0.2) is 0 Å². The van der Waals surface area contributed by atoms with Crippen molar-refractivity contribution in [1.29, 1.82) is 0 Å². The zero-order chi connectivity index (χ0) is 8.55. The van der Waals surface area contributed by atoms with Crippen molar-refractivity contribution >= 4 is 46.7 Å². The summed E-state index contributed by atoms with van der Waals surface area (Å²) in [7, 11) is 2.15. The van der Waals surface area contributed by atoms with Gasteiger partial charge in [0.2, 0.25) is 0 Å². The fraction of sp³-hybridized carbons (Fsp3) is 0. The molecule has 0 aromatic heterocycles. The largest absolute Gasteiger partial charge is 0.140 e. The Balaban J connectivity index is 2.91. The molecule has 0 atom stereocenters. The fourth-order valence-electron chi connectivity index (χ4n) is 1.34. The van der Waals surface area contributed by atoms with Crippen LogP contribution < -0.4 is 5.46 Å². The predicted octanol–water partition coefficient (Wildman–Crippen LogP) is 1.70. The first-order valence-electron chi connectivity index (χ1n) is 3.93. The van der Waals surface area contributed by atoms with Gasteiger partial charge in [-0.15, -0.1) is 0 Å². The van der Waals surface area contributed by atoms with Crippen LogP contribution in [0.2, 0.25) is 0 Å². The minimum absolute atomic E-state index is 1.33. The van der Waals surface area contributed by atoms with Gasteiger partial charge in [0, 0.05) is 3.57 Å². The van der Waals surface area contributed by atoms with E-state index in [2.05, 4.69) is 66.8 Å². The van der Waals surface area contributed by atoms with E-state index >= 15 is 0 Å². The van der Waals surface area contributed by atoms with Crippen LogP contribution in [0.4, 0.5) is 0 Å². The summed E-state index contributed by atoms with van der Waals surface area (Å²) < 4.78 is 1.37. The van der Waals surface area contributed by atoms with Crippen molar-refractivity contribution in [3.05, 3.63) is 40.0 Å². The maximum atomic E-state index is 2.40. The summed E-state index contributed by atoms with van der Waals surface area (Å²) in [5.41, 5.74) is 1.36. The van der Waals surface area contributed by atoms with E-state index in [-0.39, 0.29) is 0 Å². The number of hydrogen-bond acceptors (Lipinski definition) is 0. The van der Waals surface area contributed by atoms with Gasteiger partial charge < -0.3 is 0 Å². The lowest BCUT2D eigenvalue weighted by Crippen LogP contribution is -2.06. The molecule has 2 heteroatoms. The van der Waals surface area contributed by atoms with Gasteiger partial charge in [-0.1, -0.05) is 41.9 Å². The Hall–Kier alpha value is -0.505. The lowest BCUT2D eigenvalue weighted by Gasteiger charge is -2.02. The zero-order valence-electron chi connectivity index (χ0n) is 6.84. The predicted molar refractivity (Wildman–Crippen MR) is 64.8 cm³/mol. The Kier molecular flexibility index (Phi) is 2.09. The zero-order valence-corrected chi connectivity index (χ0v) is 9.00. The lowest BCUT2D eigenvalue weighted by molar-refractivity contribution is 1.75. The molecule has 2 rings (SSSR count). The normalized spacial score (nSPS) is 10.4. The maximum Gasteiger partial charge on any atom is 0.140 e. The van der Waals surface area contributed by atoms with E-state index in [0.717, 1.165) is 0 Å². The molecule has 0 aliphatic carbocycles. The second-order valence-corrected chi connectivity index (χ2v) is 4.00. The van der Waals surface area contributed by atoms with Gasteiger partial charge in [0.25, 0.3) is 0 Å². The van der Waals surface area contributed by atoms with E-state index in [1.54, 1.807) is 0 Å². The van der Waals surface area contributed by atoms with Crippen LogP contribution >= 0.6 is 22.6 Å². The lowest BCUT2D eigenvalue weighted by atomic mass is 9.93. The molecule has 12 heavy (non-hydrogen) atoms. The third kappa shape index (κ3) is 1.24. The summed E-state index contributed by atoms with van der Waals surface area (Å²) in [6.07, 6.45) is 0. The van der Waals surface area contributed by atoms with Gasteiger partial charge in [-0.2, -0.15) is 0 Å². The second kappa shape index (κ2) is 3.09. The summed E-state index contributed by atoms with van der Waals surface area (Å²) in [4.78, 5) is 0. The van der Waals surface area contributed by atoms with E-state index in [1.807, 2.05) is 0 Å². The molecular formula is C10H8BI. The molecule has 0 radical (unpaired) electrons. The number of benzene rings is 2. The molecule has 2 aromatic carbocycles. The van der Waals surface area contributed by atoms with Crippen molar-refractivity contribution in [3.8, 4) is 0 Å². The van der Waals surface area contributed by atoms with Crippen LogP contribution in [0.15, 0.2) is 36.4 Å². The first-order valence-corrected chi connectivity index (χ1v) is 5.01. The highest BCUT2D eigenvalue weighted by Gasteiger charge is 1.98. The van der Waals surface area contributed by atoms with E-state index in [1.165, 1.54) is 19.8 Å². The van der Waals surface area contributed by atoms with Crippen LogP contribution in [0.1, 0.15) is 0 Å². The maximum absolute atomic E-state index is 2.40. The van der Waals surface area contributed by atoms with Gasteiger partial charge in [-0.05, 0) is 33.4 Å². The van der Waals surface area contributed by atoms with E-state index < -0.39 is 0 Å². The van der Waals surface area contributed by atoms with Crippen molar-refractivity contribution < 1.29 is 0 Å². The quantitative estimate of drug-likeness (QED) is 0.503. The summed E-state index contributed by atoms with van der Waals surface area (Å²) in [5, 5.41) is 2.69. The number of rotatable bonds is 0. The molecule has 0 aliphatic rings. The van der Waals surface area contributed by atoms with Crippen LogP contribution in [0.3, 0.4) is 0 Å². The van der Waals surface area contributed by atoms with Gasteiger partial charge in [-0.3, -0.25) is 0 Å². The topological polar surface area (TPSA) is 0 Å². The first-order chi connectivity index (χ1) is 5.79. The molecule has 0 unspecified atom stereocenters. The van der Waals surface area contributed by atoms with Crippen molar-refractivity contribution in [2.24, 2.45) is 0 Å². The van der Waals surface area contributed by atoms with Crippen molar-refractivity contribution in [1.82, 2.24) is 0 Å². The average molecular weight is 266 g/mol. The van der Waals surface area contributed by atoms with Gasteiger partial charge in [0.05, 0.1) is 0 Å². The molecule has 0 saturated carbocycles. The van der Waals surface area contributed by atoms with Crippen LogP contribution in [-0.4, -0.2) is 7.85 Å². The molecule has 0 heterocycles. The second-order valence-electron chi connectivity index (χ2n) is 2.92. The molecule has 0 aliphatic heterocycles. The third-order valence-electron chi connectivity index (χ3n) is 2.06. The van der Waals surface area contributed by atoms with Crippen molar-refractivity contribution in [2.45, 2.75) is 0 Å². The van der Waals surface area contributed by atoms with Crippen LogP contribution in [0.5, 0.6) is 0 Å². The van der Waals surface area contributed by atoms with Gasteiger partial charge >= 0.3 is 0 Å². The number of hydrogen-bond donors (Lipinski definition) is 0. The van der Waals surface area contributed by atoms with E-state index in [4.69, 9.17) is 0 Å². The SMILES string of the molecule is Bc1ccc2ccccc2c1I. The average Bonchev–Trinajstić information content (AvgIpc) is 2.12. The van der Waals surface area contributed by atoms with E-state index in [0.29, 0.717) is 0 Å². The number of halogens is 1. The highest BCUT2D eigenvalue weighted by molar-refractivity contribution is 14.1. The molecule has 58 valence electrons. The third-order valence-corrected chi connectivity index (χ3v) is 3.49. The van der Waals surface area contributed by atoms with Gasteiger partial charge in [0.15, 0.2) is 0 Å². The molecule has 2 aromatic rings. The van der Waals surface area contributed by atoms with Crippen molar-refractivity contribution in [2.75, 3.05) is 0 Å². The molecule has 0 fully saturated rings. The Bertz CT molecular complexity index is 423. The minimum atomic E-state index is 1.33. The molecular weight excluding hydrogens is 258 g/mol. The van der Waals surface area contributed by atoms with Crippen LogP contribution in [0.25, 0.3) is 10.8 Å². The Morgan fingerprint density at radius 1 is 1.00 bits per heavy atom. The molecule has 0 bridgehead atoms. The summed E-state index contributed by atoms with van der Waals surface area (Å²) in [6.45, 7) is 0. The summed E-state index contributed by atoms with van der Waals surface area (Å²) in [5.74, 6) is 0. The Morgan fingerprint density at radius 2 is 1.75 bits per heavy atom. The highest BCUT2D eigenvalue weighted by Crippen LogP contribution is 2.17. The Labute approximate surface area is 86.5 Å². The molecule has 0 nitrogen and oxygen atoms in total. The monoisotopic (exact) mass is 266 g/mol.